The molecule has 0 radical (unpaired) electrons. The van der Waals surface area contributed by atoms with Gasteiger partial charge in [0.1, 0.15) is 6.10 Å². The molecule has 3 aliphatic heterocycles. The number of rotatable bonds is 4. The van der Waals surface area contributed by atoms with Gasteiger partial charge >= 0.3 is 0 Å². The number of nitrogens with zero attached hydrogens (tertiary/aromatic N) is 3. The molecule has 4 heterocycles. The molecule has 1 aromatic heterocycles. The second-order valence-corrected chi connectivity index (χ2v) is 8.45. The SMILES string of the molecule is CN=C(NCc1ccnc(OC2CCCC2)c1)N1CC2C3CCC(O3)C2C1.I. The van der Waals surface area contributed by atoms with E-state index in [1.807, 2.05) is 13.2 Å². The van der Waals surface area contributed by atoms with Gasteiger partial charge in [-0.2, -0.15) is 0 Å². The van der Waals surface area contributed by atoms with E-state index in [1.54, 1.807) is 0 Å². The minimum atomic E-state index is 0. The first-order valence-corrected chi connectivity index (χ1v) is 10.5. The third-order valence-corrected chi connectivity index (χ3v) is 6.80. The van der Waals surface area contributed by atoms with Gasteiger partial charge in [0, 0.05) is 50.8 Å². The van der Waals surface area contributed by atoms with Crippen molar-refractivity contribution in [1.29, 1.82) is 0 Å². The van der Waals surface area contributed by atoms with Crippen molar-refractivity contribution >= 4 is 29.9 Å². The Balaban J connectivity index is 0.00000192. The lowest BCUT2D eigenvalue weighted by Gasteiger charge is -2.23. The molecule has 0 amide bonds. The van der Waals surface area contributed by atoms with Crippen LogP contribution in [0.15, 0.2) is 23.3 Å². The van der Waals surface area contributed by atoms with Crippen molar-refractivity contribution in [1.82, 2.24) is 15.2 Å². The maximum atomic E-state index is 6.09. The zero-order valence-electron chi connectivity index (χ0n) is 16.5. The van der Waals surface area contributed by atoms with Gasteiger partial charge in [-0.3, -0.25) is 4.99 Å². The molecule has 6 nitrogen and oxygen atoms in total. The first-order chi connectivity index (χ1) is 13.3. The van der Waals surface area contributed by atoms with Gasteiger partial charge in [0.25, 0.3) is 0 Å². The number of guanidine groups is 1. The van der Waals surface area contributed by atoms with Gasteiger partial charge in [-0.1, -0.05) is 0 Å². The number of aliphatic imine (C=N–C) groups is 1. The number of ether oxygens (including phenoxy) is 2. The van der Waals surface area contributed by atoms with Crippen LogP contribution in [0.3, 0.4) is 0 Å². The van der Waals surface area contributed by atoms with Crippen LogP contribution in [-0.4, -0.2) is 54.3 Å². The molecule has 4 atom stereocenters. The standard InChI is InChI=1S/C21H30N4O2.HI/c1-22-21(25-12-16-17(13-25)19-7-6-18(16)27-19)24-11-14-8-9-23-20(10-14)26-15-4-2-3-5-15;/h8-10,15-19H,2-7,11-13H2,1H3,(H,22,24);1H. The molecule has 4 aliphatic rings. The van der Waals surface area contributed by atoms with Crippen molar-refractivity contribution in [2.24, 2.45) is 16.8 Å². The molecule has 0 aromatic carbocycles. The maximum absolute atomic E-state index is 6.09. The summed E-state index contributed by atoms with van der Waals surface area (Å²) in [6.07, 6.45) is 10.5. The molecule has 7 heteroatoms. The summed E-state index contributed by atoms with van der Waals surface area (Å²) in [4.78, 5) is 11.3. The molecule has 1 aromatic rings. The van der Waals surface area contributed by atoms with E-state index in [4.69, 9.17) is 9.47 Å². The van der Waals surface area contributed by atoms with Crippen LogP contribution in [0.1, 0.15) is 44.1 Å². The third-order valence-electron chi connectivity index (χ3n) is 6.80. The predicted octanol–water partition coefficient (Wildman–Crippen LogP) is 3.21. The Labute approximate surface area is 184 Å². The van der Waals surface area contributed by atoms with Crippen LogP contribution >= 0.6 is 24.0 Å². The molecule has 154 valence electrons. The van der Waals surface area contributed by atoms with Crippen LogP contribution in [0.25, 0.3) is 0 Å². The molecular weight excluding hydrogens is 467 g/mol. The summed E-state index contributed by atoms with van der Waals surface area (Å²) in [5, 5.41) is 3.54. The topological polar surface area (TPSA) is 59.0 Å². The van der Waals surface area contributed by atoms with Gasteiger partial charge in [-0.15, -0.1) is 24.0 Å². The summed E-state index contributed by atoms with van der Waals surface area (Å²) >= 11 is 0. The van der Waals surface area contributed by atoms with Crippen LogP contribution in [0.4, 0.5) is 0 Å². The summed E-state index contributed by atoms with van der Waals surface area (Å²) in [5.74, 6) is 3.13. The lowest BCUT2D eigenvalue weighted by Crippen LogP contribution is -2.41. The van der Waals surface area contributed by atoms with E-state index in [1.165, 1.54) is 31.2 Å². The summed E-state index contributed by atoms with van der Waals surface area (Å²) in [5.41, 5.74) is 1.18. The zero-order chi connectivity index (χ0) is 18.2. The molecular formula is C21H31IN4O2. The smallest absolute Gasteiger partial charge is 0.213 e. The molecule has 1 N–H and O–H groups in total. The second-order valence-electron chi connectivity index (χ2n) is 8.45. The summed E-state index contributed by atoms with van der Waals surface area (Å²) < 4.78 is 12.1. The highest BCUT2D eigenvalue weighted by Gasteiger charge is 2.53. The Bertz CT molecular complexity index is 691. The van der Waals surface area contributed by atoms with E-state index in [0.29, 0.717) is 30.1 Å². The average molecular weight is 498 g/mol. The fourth-order valence-electron chi connectivity index (χ4n) is 5.45. The van der Waals surface area contributed by atoms with Gasteiger partial charge in [-0.25, -0.2) is 4.98 Å². The van der Waals surface area contributed by atoms with Crippen LogP contribution < -0.4 is 10.1 Å². The van der Waals surface area contributed by atoms with Crippen molar-refractivity contribution in [3.63, 3.8) is 0 Å². The second kappa shape index (κ2) is 8.73. The van der Waals surface area contributed by atoms with E-state index < -0.39 is 0 Å². The minimum absolute atomic E-state index is 0. The van der Waals surface area contributed by atoms with E-state index >= 15 is 0 Å². The molecule has 4 unspecified atom stereocenters. The highest BCUT2D eigenvalue weighted by Crippen LogP contribution is 2.47. The number of hydrogen-bond acceptors (Lipinski definition) is 4. The fourth-order valence-corrected chi connectivity index (χ4v) is 5.45. The lowest BCUT2D eigenvalue weighted by molar-refractivity contribution is 0.0767. The molecule has 1 aliphatic carbocycles. The van der Waals surface area contributed by atoms with E-state index in [9.17, 15) is 0 Å². The first kappa shape index (κ1) is 20.2. The summed E-state index contributed by atoms with van der Waals surface area (Å²) in [7, 11) is 1.88. The Morgan fingerprint density at radius 1 is 1.21 bits per heavy atom. The molecule has 28 heavy (non-hydrogen) atoms. The number of pyridine rings is 1. The number of halogens is 1. The number of nitrogens with one attached hydrogen (secondary N) is 1. The Kier molecular flexibility index (Phi) is 6.30. The van der Waals surface area contributed by atoms with Gasteiger partial charge in [0.05, 0.1) is 12.2 Å². The van der Waals surface area contributed by atoms with Crippen molar-refractivity contribution < 1.29 is 9.47 Å². The number of fused-ring (bicyclic) bond motifs is 5. The molecule has 3 saturated heterocycles. The van der Waals surface area contributed by atoms with Crippen LogP contribution in [0, 0.1) is 11.8 Å². The molecule has 0 spiro atoms. The highest BCUT2D eigenvalue weighted by molar-refractivity contribution is 14.0. The van der Waals surface area contributed by atoms with E-state index in [-0.39, 0.29) is 24.0 Å². The van der Waals surface area contributed by atoms with Crippen molar-refractivity contribution in [2.45, 2.75) is 63.4 Å². The molecule has 1 saturated carbocycles. The highest BCUT2D eigenvalue weighted by atomic mass is 127. The third kappa shape index (κ3) is 3.97. The lowest BCUT2D eigenvalue weighted by atomic mass is 9.82. The average Bonchev–Trinajstić information content (AvgIpc) is 3.45. The van der Waals surface area contributed by atoms with Crippen molar-refractivity contribution in [3.05, 3.63) is 23.9 Å². The Hall–Kier alpha value is -1.09. The van der Waals surface area contributed by atoms with Crippen LogP contribution in [0.5, 0.6) is 5.88 Å². The largest absolute Gasteiger partial charge is 0.474 e. The number of likely N-dealkylation sites (tertiary alicyclic amines) is 1. The van der Waals surface area contributed by atoms with Gasteiger partial charge in [-0.05, 0) is 50.2 Å². The normalized spacial score (nSPS) is 31.8. The monoisotopic (exact) mass is 498 g/mol. The zero-order valence-corrected chi connectivity index (χ0v) is 18.9. The number of aromatic nitrogens is 1. The van der Waals surface area contributed by atoms with Crippen LogP contribution in [-0.2, 0) is 11.3 Å². The summed E-state index contributed by atoms with van der Waals surface area (Å²) in [6, 6.07) is 4.11. The van der Waals surface area contributed by atoms with E-state index in [0.717, 1.165) is 44.3 Å². The van der Waals surface area contributed by atoms with Crippen LogP contribution in [0.2, 0.25) is 0 Å². The molecule has 2 bridgehead atoms. The van der Waals surface area contributed by atoms with Crippen molar-refractivity contribution in [3.8, 4) is 5.88 Å². The first-order valence-electron chi connectivity index (χ1n) is 10.5. The maximum Gasteiger partial charge on any atom is 0.213 e. The van der Waals surface area contributed by atoms with Crippen molar-refractivity contribution in [2.75, 3.05) is 20.1 Å². The molecule has 4 fully saturated rings. The summed E-state index contributed by atoms with van der Waals surface area (Å²) in [6.45, 7) is 2.88. The Morgan fingerprint density at radius 2 is 1.93 bits per heavy atom. The van der Waals surface area contributed by atoms with Gasteiger partial charge in [0.2, 0.25) is 5.88 Å². The van der Waals surface area contributed by atoms with Gasteiger partial charge in [0.15, 0.2) is 5.96 Å². The molecule has 5 rings (SSSR count). The quantitative estimate of drug-likeness (QED) is 0.393. The van der Waals surface area contributed by atoms with E-state index in [2.05, 4.69) is 32.3 Å². The number of hydrogen-bond donors (Lipinski definition) is 1. The Morgan fingerprint density at radius 3 is 2.61 bits per heavy atom. The van der Waals surface area contributed by atoms with Gasteiger partial charge < -0.3 is 19.7 Å². The fraction of sp³-hybridized carbons (Fsp3) is 0.714. The minimum Gasteiger partial charge on any atom is -0.474 e. The predicted molar refractivity (Wildman–Crippen MR) is 119 cm³/mol.